The van der Waals surface area contributed by atoms with E-state index in [1.807, 2.05) is 12.1 Å². The molecule has 122 valence electrons. The quantitative estimate of drug-likeness (QED) is 0.841. The predicted molar refractivity (Wildman–Crippen MR) is 87.7 cm³/mol. The minimum Gasteiger partial charge on any atom is -0.493 e. The molecular formula is C18H27NO3. The molecule has 0 heterocycles. The van der Waals surface area contributed by atoms with E-state index >= 15 is 0 Å². The van der Waals surface area contributed by atoms with Crippen LogP contribution in [0.3, 0.4) is 0 Å². The van der Waals surface area contributed by atoms with E-state index < -0.39 is 0 Å². The zero-order valence-corrected chi connectivity index (χ0v) is 14.1. The lowest BCUT2D eigenvalue weighted by Gasteiger charge is -2.15. The Kier molecular flexibility index (Phi) is 5.69. The molecule has 1 aromatic rings. The number of carbonyl (C=O) groups excluding carboxylic acids is 1. The lowest BCUT2D eigenvalue weighted by molar-refractivity contribution is -0.121. The first-order chi connectivity index (χ1) is 10.5. The van der Waals surface area contributed by atoms with Gasteiger partial charge in [-0.1, -0.05) is 13.8 Å². The number of amides is 1. The minimum absolute atomic E-state index is 0.147. The number of aryl methyl sites for hydroxylation is 1. The number of nitrogens with one attached hydrogen (secondary N) is 1. The van der Waals surface area contributed by atoms with Crippen molar-refractivity contribution in [3.8, 4) is 11.5 Å². The van der Waals surface area contributed by atoms with Crippen molar-refractivity contribution in [1.29, 1.82) is 0 Å². The van der Waals surface area contributed by atoms with Crippen LogP contribution in [0, 0.1) is 5.92 Å². The first-order valence-corrected chi connectivity index (χ1v) is 8.06. The molecule has 0 saturated heterocycles. The van der Waals surface area contributed by atoms with Crippen molar-refractivity contribution < 1.29 is 14.3 Å². The second-order valence-corrected chi connectivity index (χ2v) is 6.38. The van der Waals surface area contributed by atoms with E-state index in [9.17, 15) is 4.79 Å². The van der Waals surface area contributed by atoms with Gasteiger partial charge in [0.05, 0.1) is 14.2 Å². The van der Waals surface area contributed by atoms with Crippen molar-refractivity contribution in [2.24, 2.45) is 5.92 Å². The summed E-state index contributed by atoms with van der Waals surface area (Å²) in [5.41, 5.74) is 2.51. The average molecular weight is 305 g/mol. The predicted octanol–water partition coefficient (Wildman–Crippen LogP) is 3.29. The van der Waals surface area contributed by atoms with E-state index in [1.165, 1.54) is 11.1 Å². The molecule has 4 nitrogen and oxygen atoms in total. The van der Waals surface area contributed by atoms with Crippen LogP contribution in [0.1, 0.15) is 50.2 Å². The van der Waals surface area contributed by atoms with Crippen LogP contribution in [0.25, 0.3) is 0 Å². The topological polar surface area (TPSA) is 47.6 Å². The Morgan fingerprint density at radius 2 is 1.95 bits per heavy atom. The van der Waals surface area contributed by atoms with E-state index in [1.54, 1.807) is 14.2 Å². The Bertz CT molecular complexity index is 525. The maximum Gasteiger partial charge on any atom is 0.220 e. The summed E-state index contributed by atoms with van der Waals surface area (Å²) in [5, 5.41) is 3.03. The molecule has 0 bridgehead atoms. The molecule has 4 heteroatoms. The van der Waals surface area contributed by atoms with Crippen LogP contribution in [-0.4, -0.2) is 26.7 Å². The molecule has 1 aromatic carbocycles. The van der Waals surface area contributed by atoms with Crippen molar-refractivity contribution in [3.63, 3.8) is 0 Å². The first kappa shape index (κ1) is 16.7. The molecule has 1 atom stereocenters. The number of ether oxygens (including phenoxy) is 2. The van der Waals surface area contributed by atoms with Crippen LogP contribution in [0.2, 0.25) is 0 Å². The molecule has 2 rings (SSSR count). The molecule has 1 aliphatic carbocycles. The minimum atomic E-state index is 0.147. The zero-order chi connectivity index (χ0) is 16.1. The molecule has 1 N–H and O–H groups in total. The normalized spacial score (nSPS) is 16.5. The molecule has 0 radical (unpaired) electrons. The lowest BCUT2D eigenvalue weighted by atomic mass is 9.97. The van der Waals surface area contributed by atoms with Crippen LogP contribution in [0.4, 0.5) is 0 Å². The third kappa shape index (κ3) is 3.93. The first-order valence-electron chi connectivity index (χ1n) is 8.06. The van der Waals surface area contributed by atoms with Gasteiger partial charge in [-0.15, -0.1) is 0 Å². The Balaban J connectivity index is 2.00. The van der Waals surface area contributed by atoms with Crippen LogP contribution < -0.4 is 14.8 Å². The summed E-state index contributed by atoms with van der Waals surface area (Å²) in [4.78, 5) is 12.1. The van der Waals surface area contributed by atoms with Gasteiger partial charge in [0.2, 0.25) is 5.91 Å². The summed E-state index contributed by atoms with van der Waals surface area (Å²) in [5.74, 6) is 2.56. The van der Waals surface area contributed by atoms with Gasteiger partial charge >= 0.3 is 0 Å². The van der Waals surface area contributed by atoms with Crippen LogP contribution in [-0.2, 0) is 11.2 Å². The number of hydrogen-bond donors (Lipinski definition) is 1. The number of rotatable bonds is 7. The van der Waals surface area contributed by atoms with Gasteiger partial charge in [0, 0.05) is 13.0 Å². The van der Waals surface area contributed by atoms with E-state index in [4.69, 9.17) is 9.47 Å². The van der Waals surface area contributed by atoms with E-state index in [-0.39, 0.29) is 11.8 Å². The largest absolute Gasteiger partial charge is 0.493 e. The fraction of sp³-hybridized carbons (Fsp3) is 0.611. The second kappa shape index (κ2) is 7.52. The van der Waals surface area contributed by atoms with Gasteiger partial charge in [-0.2, -0.15) is 0 Å². The van der Waals surface area contributed by atoms with Gasteiger partial charge in [0.15, 0.2) is 11.5 Å². The highest BCUT2D eigenvalue weighted by Crippen LogP contribution is 2.41. The van der Waals surface area contributed by atoms with Crippen LogP contribution >= 0.6 is 0 Å². The highest BCUT2D eigenvalue weighted by molar-refractivity contribution is 5.77. The maximum absolute atomic E-state index is 12.1. The third-order valence-electron chi connectivity index (χ3n) is 4.32. The van der Waals surface area contributed by atoms with E-state index in [2.05, 4.69) is 19.2 Å². The van der Waals surface area contributed by atoms with Crippen molar-refractivity contribution in [2.75, 3.05) is 20.8 Å². The molecule has 1 unspecified atom stereocenters. The zero-order valence-electron chi connectivity index (χ0n) is 14.1. The molecule has 22 heavy (non-hydrogen) atoms. The second-order valence-electron chi connectivity index (χ2n) is 6.38. The van der Waals surface area contributed by atoms with E-state index in [0.717, 1.165) is 37.3 Å². The number of hydrogen-bond acceptors (Lipinski definition) is 3. The summed E-state index contributed by atoms with van der Waals surface area (Å²) >= 11 is 0. The number of fused-ring (bicyclic) bond motifs is 1. The Labute approximate surface area is 133 Å². The Morgan fingerprint density at radius 1 is 1.27 bits per heavy atom. The fourth-order valence-corrected chi connectivity index (χ4v) is 3.03. The summed E-state index contributed by atoms with van der Waals surface area (Å²) in [6.45, 7) is 5.10. The number of methoxy groups -OCH3 is 2. The highest BCUT2D eigenvalue weighted by atomic mass is 16.5. The smallest absolute Gasteiger partial charge is 0.220 e. The molecular weight excluding hydrogens is 278 g/mol. The van der Waals surface area contributed by atoms with Crippen molar-refractivity contribution >= 4 is 5.91 Å². The molecule has 0 aromatic heterocycles. The summed E-state index contributed by atoms with van der Waals surface area (Å²) in [6, 6.07) is 4.08. The SMILES string of the molecule is COc1cc2c(cc1OC)C(CC(=O)NCCC(C)C)CC2. The van der Waals surface area contributed by atoms with E-state index in [0.29, 0.717) is 12.3 Å². The van der Waals surface area contributed by atoms with Gasteiger partial charge < -0.3 is 14.8 Å². The monoisotopic (exact) mass is 305 g/mol. The molecule has 1 amide bonds. The number of carbonyl (C=O) groups is 1. The number of benzene rings is 1. The molecule has 1 aliphatic rings. The maximum atomic E-state index is 12.1. The van der Waals surface area contributed by atoms with Crippen molar-refractivity contribution in [2.45, 2.75) is 45.4 Å². The third-order valence-corrected chi connectivity index (χ3v) is 4.32. The molecule has 0 aliphatic heterocycles. The van der Waals surface area contributed by atoms with Crippen LogP contribution in [0.5, 0.6) is 11.5 Å². The molecule has 0 saturated carbocycles. The average Bonchev–Trinajstić information content (AvgIpc) is 2.87. The van der Waals surface area contributed by atoms with Gasteiger partial charge in [0.25, 0.3) is 0 Å². The van der Waals surface area contributed by atoms with Gasteiger partial charge in [0.1, 0.15) is 0 Å². The van der Waals surface area contributed by atoms with Gasteiger partial charge in [-0.05, 0) is 54.4 Å². The van der Waals surface area contributed by atoms with Gasteiger partial charge in [-0.3, -0.25) is 4.79 Å². The summed E-state index contributed by atoms with van der Waals surface area (Å²) in [7, 11) is 3.30. The molecule has 0 spiro atoms. The van der Waals surface area contributed by atoms with Crippen molar-refractivity contribution in [3.05, 3.63) is 23.3 Å². The summed E-state index contributed by atoms with van der Waals surface area (Å²) in [6.07, 6.45) is 3.60. The Hall–Kier alpha value is -1.71. The molecule has 0 fully saturated rings. The standard InChI is InChI=1S/C18H27NO3/c1-12(2)7-8-19-18(20)10-14-6-5-13-9-16(21-3)17(22-4)11-15(13)14/h9,11-12,14H,5-8,10H2,1-4H3,(H,19,20). The van der Waals surface area contributed by atoms with Crippen molar-refractivity contribution in [1.82, 2.24) is 5.32 Å². The van der Waals surface area contributed by atoms with Gasteiger partial charge in [-0.25, -0.2) is 0 Å². The van der Waals surface area contributed by atoms with Crippen LogP contribution in [0.15, 0.2) is 12.1 Å². The highest BCUT2D eigenvalue weighted by Gasteiger charge is 2.26. The summed E-state index contributed by atoms with van der Waals surface area (Å²) < 4.78 is 10.7. The Morgan fingerprint density at radius 3 is 2.59 bits per heavy atom. The fourth-order valence-electron chi connectivity index (χ4n) is 3.03. The lowest BCUT2D eigenvalue weighted by Crippen LogP contribution is -2.26.